The SMILES string of the molecule is CSCCC(=O)NCCCCC1CCCO1. The molecule has 1 rings (SSSR count). The van der Waals surface area contributed by atoms with E-state index in [2.05, 4.69) is 5.32 Å². The minimum absolute atomic E-state index is 0.187. The standard InChI is InChI=1S/C12H23NO2S/c1-16-10-7-12(14)13-8-3-2-5-11-6-4-9-15-11/h11H,2-10H2,1H3,(H,13,14). The molecule has 0 bridgehead atoms. The van der Waals surface area contributed by atoms with Crippen LogP contribution < -0.4 is 5.32 Å². The van der Waals surface area contributed by atoms with Crippen molar-refractivity contribution in [3.63, 3.8) is 0 Å². The zero-order valence-electron chi connectivity index (χ0n) is 10.2. The first-order chi connectivity index (χ1) is 7.83. The first-order valence-corrected chi connectivity index (χ1v) is 7.59. The molecule has 1 saturated heterocycles. The number of thioether (sulfide) groups is 1. The summed E-state index contributed by atoms with van der Waals surface area (Å²) in [4.78, 5) is 11.3. The minimum atomic E-state index is 0.187. The molecule has 1 fully saturated rings. The van der Waals surface area contributed by atoms with E-state index in [9.17, 15) is 4.79 Å². The van der Waals surface area contributed by atoms with Gasteiger partial charge >= 0.3 is 0 Å². The second-order valence-electron chi connectivity index (χ2n) is 4.22. The summed E-state index contributed by atoms with van der Waals surface area (Å²) in [7, 11) is 0. The average Bonchev–Trinajstić information content (AvgIpc) is 2.79. The summed E-state index contributed by atoms with van der Waals surface area (Å²) in [5.41, 5.74) is 0. The Hall–Kier alpha value is -0.220. The van der Waals surface area contributed by atoms with E-state index in [1.165, 1.54) is 12.8 Å². The van der Waals surface area contributed by atoms with Gasteiger partial charge in [0.25, 0.3) is 0 Å². The first-order valence-electron chi connectivity index (χ1n) is 6.20. The van der Waals surface area contributed by atoms with Crippen LogP contribution in [0.15, 0.2) is 0 Å². The van der Waals surface area contributed by atoms with Gasteiger partial charge in [0.15, 0.2) is 0 Å². The monoisotopic (exact) mass is 245 g/mol. The lowest BCUT2D eigenvalue weighted by molar-refractivity contribution is -0.120. The largest absolute Gasteiger partial charge is 0.378 e. The molecule has 1 amide bonds. The predicted octanol–water partition coefficient (Wildman–Crippen LogP) is 2.21. The molecule has 0 radical (unpaired) electrons. The fraction of sp³-hybridized carbons (Fsp3) is 0.917. The summed E-state index contributed by atoms with van der Waals surface area (Å²) in [6.07, 6.45) is 8.99. The van der Waals surface area contributed by atoms with Crippen molar-refractivity contribution in [1.82, 2.24) is 5.32 Å². The van der Waals surface area contributed by atoms with E-state index in [0.717, 1.165) is 38.2 Å². The van der Waals surface area contributed by atoms with Crippen LogP contribution in [-0.4, -0.2) is 37.2 Å². The van der Waals surface area contributed by atoms with Gasteiger partial charge in [-0.2, -0.15) is 11.8 Å². The maximum Gasteiger partial charge on any atom is 0.220 e. The van der Waals surface area contributed by atoms with Gasteiger partial charge in [-0.15, -0.1) is 0 Å². The molecule has 0 aromatic carbocycles. The number of rotatable bonds is 8. The van der Waals surface area contributed by atoms with Crippen LogP contribution in [0, 0.1) is 0 Å². The third kappa shape index (κ3) is 6.38. The Morgan fingerprint density at radius 2 is 2.38 bits per heavy atom. The molecule has 0 spiro atoms. The van der Waals surface area contributed by atoms with Crippen LogP contribution in [0.1, 0.15) is 38.5 Å². The van der Waals surface area contributed by atoms with Crippen molar-refractivity contribution in [3.8, 4) is 0 Å². The molecule has 0 saturated carbocycles. The number of carbonyl (C=O) groups excluding carboxylic acids is 1. The Balaban J connectivity index is 1.85. The Bertz CT molecular complexity index is 193. The van der Waals surface area contributed by atoms with Gasteiger partial charge in [-0.25, -0.2) is 0 Å². The molecule has 16 heavy (non-hydrogen) atoms. The highest BCUT2D eigenvalue weighted by Gasteiger charge is 2.14. The topological polar surface area (TPSA) is 38.3 Å². The Labute approximate surface area is 103 Å². The van der Waals surface area contributed by atoms with Crippen LogP contribution in [0.4, 0.5) is 0 Å². The summed E-state index contributed by atoms with van der Waals surface area (Å²) in [6.45, 7) is 1.76. The van der Waals surface area contributed by atoms with E-state index in [4.69, 9.17) is 4.74 Å². The van der Waals surface area contributed by atoms with E-state index < -0.39 is 0 Å². The molecule has 0 aromatic rings. The molecule has 0 aromatic heterocycles. The fourth-order valence-corrected chi connectivity index (χ4v) is 2.27. The van der Waals surface area contributed by atoms with E-state index in [-0.39, 0.29) is 5.91 Å². The second kappa shape index (κ2) is 8.88. The van der Waals surface area contributed by atoms with E-state index in [1.807, 2.05) is 6.26 Å². The van der Waals surface area contributed by atoms with Crippen LogP contribution in [0.5, 0.6) is 0 Å². The molecule has 1 heterocycles. The normalized spacial score (nSPS) is 19.9. The summed E-state index contributed by atoms with van der Waals surface area (Å²) >= 11 is 1.71. The lowest BCUT2D eigenvalue weighted by Gasteiger charge is -2.09. The predicted molar refractivity (Wildman–Crippen MR) is 68.8 cm³/mol. The molecule has 4 heteroatoms. The summed E-state index contributed by atoms with van der Waals surface area (Å²) in [6, 6.07) is 0. The van der Waals surface area contributed by atoms with Crippen molar-refractivity contribution in [2.24, 2.45) is 0 Å². The van der Waals surface area contributed by atoms with Crippen LogP contribution >= 0.6 is 11.8 Å². The molecule has 1 aliphatic rings. The highest BCUT2D eigenvalue weighted by Crippen LogP contribution is 2.17. The fourth-order valence-electron chi connectivity index (χ4n) is 1.88. The minimum Gasteiger partial charge on any atom is -0.378 e. The maximum absolute atomic E-state index is 11.3. The molecule has 94 valence electrons. The van der Waals surface area contributed by atoms with Gasteiger partial charge in [0.2, 0.25) is 5.91 Å². The van der Waals surface area contributed by atoms with Gasteiger partial charge in [-0.05, 0) is 38.4 Å². The average molecular weight is 245 g/mol. The number of amides is 1. The van der Waals surface area contributed by atoms with Gasteiger partial charge in [0.05, 0.1) is 6.10 Å². The molecule has 1 unspecified atom stereocenters. The van der Waals surface area contributed by atoms with Crippen LogP contribution in [0.2, 0.25) is 0 Å². The smallest absolute Gasteiger partial charge is 0.220 e. The zero-order chi connectivity index (χ0) is 11.6. The molecular weight excluding hydrogens is 222 g/mol. The summed E-state index contributed by atoms with van der Waals surface area (Å²) in [5, 5.41) is 2.95. The third-order valence-electron chi connectivity index (χ3n) is 2.83. The molecule has 1 atom stereocenters. The number of carbonyl (C=O) groups is 1. The summed E-state index contributed by atoms with van der Waals surface area (Å²) < 4.78 is 5.54. The second-order valence-corrected chi connectivity index (χ2v) is 5.21. The molecular formula is C12H23NO2S. The Kier molecular flexibility index (Phi) is 7.68. The van der Waals surface area contributed by atoms with Crippen molar-refractivity contribution >= 4 is 17.7 Å². The van der Waals surface area contributed by atoms with Gasteiger partial charge < -0.3 is 10.1 Å². The molecule has 1 N–H and O–H groups in total. The molecule has 0 aliphatic carbocycles. The van der Waals surface area contributed by atoms with Crippen LogP contribution in [0.25, 0.3) is 0 Å². The van der Waals surface area contributed by atoms with Crippen molar-refractivity contribution < 1.29 is 9.53 Å². The number of nitrogens with one attached hydrogen (secondary N) is 1. The zero-order valence-corrected chi connectivity index (χ0v) is 11.0. The van der Waals surface area contributed by atoms with Crippen molar-refractivity contribution in [2.45, 2.75) is 44.6 Å². The number of hydrogen-bond acceptors (Lipinski definition) is 3. The lowest BCUT2D eigenvalue weighted by atomic mass is 10.1. The Morgan fingerprint density at radius 1 is 1.50 bits per heavy atom. The number of hydrogen-bond donors (Lipinski definition) is 1. The lowest BCUT2D eigenvalue weighted by Crippen LogP contribution is -2.24. The number of unbranched alkanes of at least 4 members (excludes halogenated alkanes) is 1. The van der Waals surface area contributed by atoms with Crippen molar-refractivity contribution in [1.29, 1.82) is 0 Å². The van der Waals surface area contributed by atoms with Crippen LogP contribution in [0.3, 0.4) is 0 Å². The Morgan fingerprint density at radius 3 is 3.06 bits per heavy atom. The third-order valence-corrected chi connectivity index (χ3v) is 3.44. The highest BCUT2D eigenvalue weighted by atomic mass is 32.2. The maximum atomic E-state index is 11.3. The van der Waals surface area contributed by atoms with Gasteiger partial charge in [0.1, 0.15) is 0 Å². The van der Waals surface area contributed by atoms with Crippen molar-refractivity contribution in [3.05, 3.63) is 0 Å². The van der Waals surface area contributed by atoms with E-state index in [1.54, 1.807) is 11.8 Å². The van der Waals surface area contributed by atoms with E-state index >= 15 is 0 Å². The first kappa shape index (κ1) is 13.8. The van der Waals surface area contributed by atoms with Crippen molar-refractivity contribution in [2.75, 3.05) is 25.2 Å². The molecule has 1 aliphatic heterocycles. The summed E-state index contributed by atoms with van der Waals surface area (Å²) in [5.74, 6) is 1.10. The number of ether oxygens (including phenoxy) is 1. The van der Waals surface area contributed by atoms with Gasteiger partial charge in [-0.1, -0.05) is 0 Å². The molecule has 3 nitrogen and oxygen atoms in total. The van der Waals surface area contributed by atoms with Crippen LogP contribution in [-0.2, 0) is 9.53 Å². The van der Waals surface area contributed by atoms with E-state index in [0.29, 0.717) is 12.5 Å². The van der Waals surface area contributed by atoms with Gasteiger partial charge in [-0.3, -0.25) is 4.79 Å². The van der Waals surface area contributed by atoms with Gasteiger partial charge in [0, 0.05) is 25.3 Å². The highest BCUT2D eigenvalue weighted by molar-refractivity contribution is 7.98. The quantitative estimate of drug-likeness (QED) is 0.666.